The summed E-state index contributed by atoms with van der Waals surface area (Å²) in [5, 5.41) is 13.7. The summed E-state index contributed by atoms with van der Waals surface area (Å²) in [6, 6.07) is 6.37. The van der Waals surface area contributed by atoms with Gasteiger partial charge in [-0.05, 0) is 24.5 Å². The fraction of sp³-hybridized carbons (Fsp3) is 0.471. The first-order valence-corrected chi connectivity index (χ1v) is 8.03. The minimum absolute atomic E-state index is 0.0148. The molecule has 1 amide bonds. The molecule has 0 atom stereocenters. The van der Waals surface area contributed by atoms with Crippen molar-refractivity contribution in [3.8, 4) is 0 Å². The van der Waals surface area contributed by atoms with Gasteiger partial charge in [0, 0.05) is 51.0 Å². The van der Waals surface area contributed by atoms with E-state index in [9.17, 15) is 14.9 Å². The van der Waals surface area contributed by atoms with Crippen LogP contribution in [0, 0.1) is 10.1 Å². The van der Waals surface area contributed by atoms with Crippen LogP contribution in [0.1, 0.15) is 18.4 Å². The number of rotatable bonds is 7. The molecule has 0 aliphatic carbocycles. The first-order valence-electron chi connectivity index (χ1n) is 8.03. The van der Waals surface area contributed by atoms with E-state index in [1.165, 1.54) is 18.2 Å². The minimum atomic E-state index is -0.450. The monoisotopic (exact) mass is 333 g/mol. The summed E-state index contributed by atoms with van der Waals surface area (Å²) in [6.45, 7) is 3.54. The number of benzene rings is 1. The number of amides is 1. The molecule has 1 saturated heterocycles. The Kier molecular flexibility index (Phi) is 6.89. The van der Waals surface area contributed by atoms with Gasteiger partial charge in [-0.1, -0.05) is 12.1 Å². The van der Waals surface area contributed by atoms with Crippen molar-refractivity contribution in [2.45, 2.75) is 18.9 Å². The normalized spacial score (nSPS) is 16.4. The second-order valence-electron chi connectivity index (χ2n) is 5.80. The number of methoxy groups -OCH3 is 1. The highest BCUT2D eigenvalue weighted by Crippen LogP contribution is 2.14. The van der Waals surface area contributed by atoms with Crippen LogP contribution < -0.4 is 5.32 Å². The molecule has 1 heterocycles. The summed E-state index contributed by atoms with van der Waals surface area (Å²) in [5.41, 5.74) is 0.648. The Morgan fingerprint density at radius 1 is 1.46 bits per heavy atom. The fourth-order valence-corrected chi connectivity index (χ4v) is 2.68. The molecule has 0 bridgehead atoms. The highest BCUT2D eigenvalue weighted by atomic mass is 16.6. The molecule has 0 spiro atoms. The number of nitro groups is 1. The van der Waals surface area contributed by atoms with Gasteiger partial charge in [0.2, 0.25) is 5.91 Å². The van der Waals surface area contributed by atoms with Crippen LogP contribution in [0.4, 0.5) is 5.69 Å². The molecule has 0 unspecified atom stereocenters. The van der Waals surface area contributed by atoms with Gasteiger partial charge in [-0.3, -0.25) is 14.9 Å². The maximum absolute atomic E-state index is 12.0. The van der Waals surface area contributed by atoms with E-state index in [1.54, 1.807) is 25.3 Å². The number of nitrogens with zero attached hydrogens (tertiary/aromatic N) is 2. The zero-order valence-electron chi connectivity index (χ0n) is 13.8. The molecule has 0 radical (unpaired) electrons. The summed E-state index contributed by atoms with van der Waals surface area (Å²) in [7, 11) is 1.70. The number of nitrogens with one attached hydrogen (secondary N) is 1. The van der Waals surface area contributed by atoms with Crippen LogP contribution in [0.25, 0.3) is 6.08 Å². The number of piperidine rings is 1. The van der Waals surface area contributed by atoms with Gasteiger partial charge in [-0.15, -0.1) is 0 Å². The van der Waals surface area contributed by atoms with E-state index in [1.807, 2.05) is 0 Å². The molecule has 7 heteroatoms. The van der Waals surface area contributed by atoms with E-state index >= 15 is 0 Å². The number of non-ortho nitro benzene ring substituents is 1. The van der Waals surface area contributed by atoms with Crippen LogP contribution in [0.2, 0.25) is 0 Å². The van der Waals surface area contributed by atoms with Crippen LogP contribution in [0.5, 0.6) is 0 Å². The second-order valence-corrected chi connectivity index (χ2v) is 5.80. The highest BCUT2D eigenvalue weighted by molar-refractivity contribution is 5.92. The number of hydrogen-bond acceptors (Lipinski definition) is 5. The molecule has 7 nitrogen and oxygen atoms in total. The van der Waals surface area contributed by atoms with E-state index in [2.05, 4.69) is 10.2 Å². The summed E-state index contributed by atoms with van der Waals surface area (Å²) >= 11 is 0. The van der Waals surface area contributed by atoms with Crippen molar-refractivity contribution in [3.05, 3.63) is 46.0 Å². The van der Waals surface area contributed by atoms with Crippen LogP contribution in [-0.4, -0.2) is 55.1 Å². The van der Waals surface area contributed by atoms with Crippen molar-refractivity contribution >= 4 is 17.7 Å². The molecular formula is C17H23N3O4. The molecule has 1 aliphatic rings. The van der Waals surface area contributed by atoms with Crippen molar-refractivity contribution in [3.63, 3.8) is 0 Å². The lowest BCUT2D eigenvalue weighted by atomic mass is 10.1. The third-order valence-corrected chi connectivity index (χ3v) is 4.05. The average Bonchev–Trinajstić information content (AvgIpc) is 2.59. The van der Waals surface area contributed by atoms with E-state index in [0.29, 0.717) is 5.56 Å². The largest absolute Gasteiger partial charge is 0.383 e. The van der Waals surface area contributed by atoms with Crippen LogP contribution in [-0.2, 0) is 9.53 Å². The van der Waals surface area contributed by atoms with E-state index in [4.69, 9.17) is 4.74 Å². The predicted molar refractivity (Wildman–Crippen MR) is 91.6 cm³/mol. The smallest absolute Gasteiger partial charge is 0.270 e. The van der Waals surface area contributed by atoms with Crippen molar-refractivity contribution in [2.24, 2.45) is 0 Å². The Balaban J connectivity index is 1.79. The Bertz CT molecular complexity index is 595. The zero-order valence-corrected chi connectivity index (χ0v) is 13.8. The topological polar surface area (TPSA) is 84.7 Å². The minimum Gasteiger partial charge on any atom is -0.383 e. The van der Waals surface area contributed by atoms with Crippen LogP contribution >= 0.6 is 0 Å². The van der Waals surface area contributed by atoms with Gasteiger partial charge in [0.05, 0.1) is 11.5 Å². The highest BCUT2D eigenvalue weighted by Gasteiger charge is 2.19. The summed E-state index contributed by atoms with van der Waals surface area (Å²) in [5.74, 6) is -0.170. The Labute approximate surface area is 141 Å². The molecule has 130 valence electrons. The fourth-order valence-electron chi connectivity index (χ4n) is 2.68. The summed E-state index contributed by atoms with van der Waals surface area (Å²) < 4.78 is 5.07. The summed E-state index contributed by atoms with van der Waals surface area (Å²) in [6.07, 6.45) is 4.85. The number of hydrogen-bond donors (Lipinski definition) is 1. The number of carbonyl (C=O) groups is 1. The molecule has 2 rings (SSSR count). The van der Waals surface area contributed by atoms with Crippen molar-refractivity contribution < 1.29 is 14.5 Å². The van der Waals surface area contributed by atoms with E-state index in [0.717, 1.165) is 39.1 Å². The second kappa shape index (κ2) is 9.14. The lowest BCUT2D eigenvalue weighted by molar-refractivity contribution is -0.384. The van der Waals surface area contributed by atoms with E-state index in [-0.39, 0.29) is 17.6 Å². The maximum Gasteiger partial charge on any atom is 0.270 e. The van der Waals surface area contributed by atoms with Crippen molar-refractivity contribution in [2.75, 3.05) is 33.4 Å². The third kappa shape index (κ3) is 5.75. The summed E-state index contributed by atoms with van der Waals surface area (Å²) in [4.78, 5) is 24.6. The van der Waals surface area contributed by atoms with Crippen molar-refractivity contribution in [1.82, 2.24) is 10.2 Å². The Hall–Kier alpha value is -2.25. The van der Waals surface area contributed by atoms with Gasteiger partial charge in [-0.2, -0.15) is 0 Å². The first kappa shape index (κ1) is 18.1. The van der Waals surface area contributed by atoms with Gasteiger partial charge in [-0.25, -0.2) is 0 Å². The van der Waals surface area contributed by atoms with Gasteiger partial charge >= 0.3 is 0 Å². The Morgan fingerprint density at radius 2 is 2.21 bits per heavy atom. The molecule has 24 heavy (non-hydrogen) atoms. The number of ether oxygens (including phenoxy) is 1. The average molecular weight is 333 g/mol. The number of nitro benzene ring substituents is 1. The molecule has 1 fully saturated rings. The van der Waals surface area contributed by atoms with Gasteiger partial charge in [0.15, 0.2) is 0 Å². The molecule has 1 aromatic carbocycles. The molecular weight excluding hydrogens is 310 g/mol. The van der Waals surface area contributed by atoms with Crippen LogP contribution in [0.3, 0.4) is 0 Å². The lowest BCUT2D eigenvalue weighted by Crippen LogP contribution is -2.45. The Morgan fingerprint density at radius 3 is 2.88 bits per heavy atom. The standard InChI is InChI=1S/C17H23N3O4/c1-24-12-11-19-9-7-15(8-10-19)18-17(21)6-5-14-3-2-4-16(13-14)20(22)23/h2-6,13,15H,7-12H2,1H3,(H,18,21)/b6-5-. The third-order valence-electron chi connectivity index (χ3n) is 4.05. The molecule has 1 N–H and O–H groups in total. The maximum atomic E-state index is 12.0. The van der Waals surface area contributed by atoms with Gasteiger partial charge in [0.1, 0.15) is 0 Å². The molecule has 0 saturated carbocycles. The molecule has 1 aliphatic heterocycles. The first-order chi connectivity index (χ1) is 11.6. The quantitative estimate of drug-likeness (QED) is 0.467. The number of likely N-dealkylation sites (tertiary alicyclic amines) is 1. The number of carbonyl (C=O) groups excluding carboxylic acids is 1. The SMILES string of the molecule is COCCN1CCC(NC(=O)/C=C\c2cccc([N+](=O)[O-])c2)CC1. The lowest BCUT2D eigenvalue weighted by Gasteiger charge is -2.31. The predicted octanol–water partition coefficient (Wildman–Crippen LogP) is 1.83. The molecule has 1 aromatic rings. The van der Waals surface area contributed by atoms with E-state index < -0.39 is 4.92 Å². The zero-order chi connectivity index (χ0) is 17.4. The van der Waals surface area contributed by atoms with Gasteiger partial charge in [0.25, 0.3) is 5.69 Å². The van der Waals surface area contributed by atoms with Crippen LogP contribution in [0.15, 0.2) is 30.3 Å². The molecule has 0 aromatic heterocycles. The van der Waals surface area contributed by atoms with Crippen molar-refractivity contribution in [1.29, 1.82) is 0 Å². The van der Waals surface area contributed by atoms with Gasteiger partial charge < -0.3 is 15.0 Å².